The molecule has 0 saturated heterocycles. The van der Waals surface area contributed by atoms with Gasteiger partial charge in [0.2, 0.25) is 0 Å². The lowest BCUT2D eigenvalue weighted by Crippen LogP contribution is -1.92. The van der Waals surface area contributed by atoms with Crippen molar-refractivity contribution in [3.63, 3.8) is 0 Å². The largest absolute Gasteiger partial charge is 0.354 e. The lowest BCUT2D eigenvalue weighted by molar-refractivity contribution is 1.32. The van der Waals surface area contributed by atoms with Gasteiger partial charge in [-0.25, -0.2) is 9.98 Å². The summed E-state index contributed by atoms with van der Waals surface area (Å²) < 4.78 is 1.48. The van der Waals surface area contributed by atoms with Crippen LogP contribution in [0.2, 0.25) is 20.1 Å². The maximum Gasteiger partial charge on any atom is 0.115 e. The van der Waals surface area contributed by atoms with Crippen LogP contribution in [0.4, 0.5) is 5.69 Å². The molecule has 0 atom stereocenters. The van der Waals surface area contributed by atoms with Gasteiger partial charge in [0.15, 0.2) is 0 Å². The van der Waals surface area contributed by atoms with E-state index in [0.717, 1.165) is 93.7 Å². The predicted octanol–water partition coefficient (Wildman–Crippen LogP) is 15.6. The highest BCUT2D eigenvalue weighted by atomic mass is 79.9. The van der Waals surface area contributed by atoms with Crippen LogP contribution in [0.1, 0.15) is 17.0 Å². The van der Waals surface area contributed by atoms with E-state index in [1.165, 1.54) is 0 Å². The van der Waals surface area contributed by atoms with Gasteiger partial charge in [-0.05, 0) is 139 Å². The summed E-state index contributed by atoms with van der Waals surface area (Å²) in [6.45, 7) is 0. The van der Waals surface area contributed by atoms with Crippen LogP contribution in [0.15, 0.2) is 131 Å². The number of nitrogens with one attached hydrogen (secondary N) is 2. The average molecular weight is 910 g/mol. The fraction of sp³-hybridized carbons (Fsp3) is 0. The van der Waals surface area contributed by atoms with Crippen molar-refractivity contribution >= 4 is 123 Å². The molecule has 0 radical (unpaired) electrons. The molecule has 0 aliphatic carbocycles. The number of nitrogens with zero attached hydrogens (tertiary/aromatic N) is 2. The first-order valence-corrected chi connectivity index (χ1v) is 19.9. The van der Waals surface area contributed by atoms with Gasteiger partial charge < -0.3 is 9.97 Å². The molecule has 7 aromatic rings. The lowest BCUT2D eigenvalue weighted by Gasteiger charge is -2.09. The van der Waals surface area contributed by atoms with E-state index >= 15 is 0 Å². The Hall–Kier alpha value is -4.40. The highest BCUT2D eigenvalue weighted by Crippen LogP contribution is 2.48. The second-order valence-electron chi connectivity index (χ2n) is 12.8. The molecular formula is C44H24Br2Cl4N4. The quantitative estimate of drug-likeness (QED) is 0.182. The van der Waals surface area contributed by atoms with Crippen LogP contribution >= 0.6 is 78.3 Å². The molecule has 3 aromatic heterocycles. The van der Waals surface area contributed by atoms with E-state index in [4.69, 9.17) is 56.4 Å². The summed E-state index contributed by atoms with van der Waals surface area (Å²) >= 11 is 33.5. The predicted molar refractivity (Wildman–Crippen MR) is 237 cm³/mol. The van der Waals surface area contributed by atoms with Crippen LogP contribution in [0.3, 0.4) is 0 Å². The summed E-state index contributed by atoms with van der Waals surface area (Å²) in [5.41, 5.74) is 14.2. The van der Waals surface area contributed by atoms with E-state index in [1.54, 1.807) is 0 Å². The van der Waals surface area contributed by atoms with E-state index < -0.39 is 0 Å². The number of aliphatic imine (C=N–C) groups is 1. The Kier molecular flexibility index (Phi) is 9.38. The lowest BCUT2D eigenvalue weighted by atomic mass is 10.0. The van der Waals surface area contributed by atoms with Gasteiger partial charge in [0.1, 0.15) is 4.62 Å². The molecule has 0 fully saturated rings. The molecule has 54 heavy (non-hydrogen) atoms. The highest BCUT2D eigenvalue weighted by molar-refractivity contribution is 9.18. The summed E-state index contributed by atoms with van der Waals surface area (Å²) in [5, 5.41) is 2.59. The van der Waals surface area contributed by atoms with Crippen molar-refractivity contribution in [2.75, 3.05) is 0 Å². The Labute approximate surface area is 347 Å². The molecule has 0 saturated carbocycles. The first-order chi connectivity index (χ1) is 26.2. The van der Waals surface area contributed by atoms with E-state index in [-0.39, 0.29) is 0 Å². The molecule has 0 amide bonds. The van der Waals surface area contributed by atoms with Crippen LogP contribution in [0, 0.1) is 0 Å². The van der Waals surface area contributed by atoms with E-state index in [1.807, 2.05) is 97.1 Å². The second-order valence-corrected chi connectivity index (χ2v) is 16.0. The summed E-state index contributed by atoms with van der Waals surface area (Å²) in [7, 11) is 0. The minimum absolute atomic E-state index is 0.642. The molecule has 0 unspecified atom stereocenters. The van der Waals surface area contributed by atoms with Crippen molar-refractivity contribution in [2.24, 2.45) is 4.99 Å². The maximum atomic E-state index is 6.42. The third kappa shape index (κ3) is 6.45. The molecule has 2 N–H and O–H groups in total. The van der Waals surface area contributed by atoms with Gasteiger partial charge in [0, 0.05) is 70.0 Å². The summed E-state index contributed by atoms with van der Waals surface area (Å²) in [4.78, 5) is 18.1. The minimum atomic E-state index is 0.642. The Morgan fingerprint density at radius 1 is 0.389 bits per heavy atom. The number of H-pyrrole nitrogens is 2. The smallest absolute Gasteiger partial charge is 0.115 e. The molecule has 5 heterocycles. The summed E-state index contributed by atoms with van der Waals surface area (Å²) in [6.07, 6.45) is 4.12. The topological polar surface area (TPSA) is 56.8 Å². The Bertz CT molecular complexity index is 2860. The summed E-state index contributed by atoms with van der Waals surface area (Å²) in [5.74, 6) is 0. The van der Waals surface area contributed by atoms with E-state index in [9.17, 15) is 0 Å². The normalized spacial score (nSPS) is 12.3. The molecule has 4 aromatic carbocycles. The third-order valence-electron chi connectivity index (χ3n) is 9.46. The van der Waals surface area contributed by atoms with Crippen molar-refractivity contribution in [2.45, 2.75) is 0 Å². The number of hydrogen-bond acceptors (Lipinski definition) is 2. The minimum Gasteiger partial charge on any atom is -0.354 e. The molecule has 10 heteroatoms. The van der Waals surface area contributed by atoms with Crippen molar-refractivity contribution < 1.29 is 0 Å². The first kappa shape index (κ1) is 35.3. The fourth-order valence-corrected chi connectivity index (χ4v) is 9.02. The van der Waals surface area contributed by atoms with Crippen LogP contribution < -0.4 is 0 Å². The van der Waals surface area contributed by atoms with E-state index in [2.05, 4.69) is 78.2 Å². The zero-order valence-corrected chi connectivity index (χ0v) is 34.1. The standard InChI is InChI=1S/C44H24Br2Cl4N4/c45-42-41-39(25-5-13-29(49)14-6-25)35-21-19-33(52-35)37(23-1-9-27(47)10-2-23)31-17-18-32(51-31)38(24-3-11-28(48)12-4-24)34-20-22-36(53-34)40(43(42)54-44(41)46)26-7-15-30(50)16-8-26/h1-22,52-53H. The molecule has 0 spiro atoms. The van der Waals surface area contributed by atoms with E-state index in [0.29, 0.717) is 24.7 Å². The van der Waals surface area contributed by atoms with Gasteiger partial charge in [-0.3, -0.25) is 0 Å². The second kappa shape index (κ2) is 14.3. The number of halogens is 6. The van der Waals surface area contributed by atoms with Gasteiger partial charge in [0.25, 0.3) is 0 Å². The molecule has 2 aliphatic rings. The van der Waals surface area contributed by atoms with Gasteiger partial charge in [0.05, 0.1) is 21.5 Å². The van der Waals surface area contributed by atoms with Gasteiger partial charge in [-0.15, -0.1) is 0 Å². The average Bonchev–Trinajstić information content (AvgIpc) is 3.99. The zero-order valence-electron chi connectivity index (χ0n) is 27.9. The fourth-order valence-electron chi connectivity index (χ4n) is 7.01. The molecule has 262 valence electrons. The Morgan fingerprint density at radius 3 is 1.13 bits per heavy atom. The van der Waals surface area contributed by atoms with Gasteiger partial charge in [-0.2, -0.15) is 0 Å². The SMILES string of the molecule is Clc1ccc(-c2c3nc(c(-c4ccc(Cl)cc4)c4ccc([nH]4)c(-c4ccc(Cl)cc4)c4c(Br)c(c(-c5ccc(Cl)cc5)c5ccc2[nH]5)N=C4Br)C=C3)cc1. The number of aromatic amines is 2. The number of rotatable bonds is 4. The summed E-state index contributed by atoms with van der Waals surface area (Å²) in [6, 6.07) is 39.6. The molecule has 8 bridgehead atoms. The Morgan fingerprint density at radius 2 is 0.722 bits per heavy atom. The van der Waals surface area contributed by atoms with Crippen molar-refractivity contribution in [3.8, 4) is 44.5 Å². The number of benzene rings is 4. The van der Waals surface area contributed by atoms with Crippen LogP contribution in [0.25, 0.3) is 78.7 Å². The van der Waals surface area contributed by atoms with Crippen molar-refractivity contribution in [3.05, 3.63) is 163 Å². The van der Waals surface area contributed by atoms with Gasteiger partial charge >= 0.3 is 0 Å². The number of hydrogen-bond donors (Lipinski definition) is 2. The van der Waals surface area contributed by atoms with Crippen molar-refractivity contribution in [1.82, 2.24) is 15.0 Å². The maximum absolute atomic E-state index is 6.42. The number of fused-ring (bicyclic) bond motifs is 8. The molecule has 2 aliphatic heterocycles. The first-order valence-electron chi connectivity index (χ1n) is 16.8. The third-order valence-corrected chi connectivity index (χ3v) is 11.8. The Balaban J connectivity index is 1.51. The monoisotopic (exact) mass is 906 g/mol. The van der Waals surface area contributed by atoms with Crippen molar-refractivity contribution in [1.29, 1.82) is 0 Å². The van der Waals surface area contributed by atoms with Gasteiger partial charge in [-0.1, -0.05) is 94.9 Å². The van der Waals surface area contributed by atoms with Crippen LogP contribution in [0.5, 0.6) is 0 Å². The molecule has 9 rings (SSSR count). The van der Waals surface area contributed by atoms with Crippen LogP contribution in [-0.2, 0) is 0 Å². The molecular weight excluding hydrogens is 886 g/mol. The molecule has 4 nitrogen and oxygen atoms in total. The number of aromatic nitrogens is 3. The van der Waals surface area contributed by atoms with Crippen LogP contribution in [-0.4, -0.2) is 19.6 Å². The zero-order chi connectivity index (χ0) is 37.1. The highest BCUT2D eigenvalue weighted by Gasteiger charge is 2.25.